The number of hydrogen-bond donors (Lipinski definition) is 5. The summed E-state index contributed by atoms with van der Waals surface area (Å²) in [5.41, 5.74) is -1.95. The van der Waals surface area contributed by atoms with Gasteiger partial charge in [0.1, 0.15) is 36.1 Å². The van der Waals surface area contributed by atoms with Gasteiger partial charge < -0.3 is 49.2 Å². The maximum absolute atomic E-state index is 12.7. The minimum Gasteiger partial charge on any atom is -0.457 e. The molecule has 1 unspecified atom stereocenters. The van der Waals surface area contributed by atoms with Crippen molar-refractivity contribution >= 4 is 5.97 Å². The van der Waals surface area contributed by atoms with Crippen LogP contribution in [-0.2, 0) is 28.5 Å². The first-order valence-corrected chi connectivity index (χ1v) is 18.8. The predicted molar refractivity (Wildman–Crippen MR) is 177 cm³/mol. The molecule has 2 aliphatic heterocycles. The zero-order chi connectivity index (χ0) is 35.9. The Morgan fingerprint density at radius 3 is 2.24 bits per heavy atom. The molecule has 280 valence electrons. The van der Waals surface area contributed by atoms with Gasteiger partial charge in [-0.1, -0.05) is 34.6 Å². The highest BCUT2D eigenvalue weighted by atomic mass is 16.7. The van der Waals surface area contributed by atoms with Crippen LogP contribution in [0.5, 0.6) is 0 Å². The van der Waals surface area contributed by atoms with Gasteiger partial charge in [-0.2, -0.15) is 0 Å². The lowest BCUT2D eigenvalue weighted by Crippen LogP contribution is -2.62. The molecule has 11 heteroatoms. The topological polar surface area (TPSA) is 164 Å². The Kier molecular flexibility index (Phi) is 8.42. The Labute approximate surface area is 291 Å². The first kappa shape index (κ1) is 36.5. The highest BCUT2D eigenvalue weighted by molar-refractivity contribution is 5.66. The van der Waals surface area contributed by atoms with E-state index in [2.05, 4.69) is 34.6 Å². The summed E-state index contributed by atoms with van der Waals surface area (Å²) in [6.45, 7) is 16.2. The Morgan fingerprint density at radius 1 is 0.939 bits per heavy atom. The molecule has 11 nitrogen and oxygen atoms in total. The number of hydrogen-bond acceptors (Lipinski definition) is 11. The molecule has 7 aliphatic rings. The van der Waals surface area contributed by atoms with Crippen molar-refractivity contribution in [2.24, 2.45) is 50.7 Å². The molecule has 5 saturated carbocycles. The second kappa shape index (κ2) is 11.3. The van der Waals surface area contributed by atoms with Crippen LogP contribution in [0.25, 0.3) is 0 Å². The van der Waals surface area contributed by atoms with Crippen molar-refractivity contribution in [3.05, 3.63) is 0 Å². The molecule has 2 heterocycles. The Bertz CT molecular complexity index is 1320. The molecule has 17 atom stereocenters. The summed E-state index contributed by atoms with van der Waals surface area (Å²) >= 11 is 0. The van der Waals surface area contributed by atoms with Gasteiger partial charge in [0.15, 0.2) is 18.2 Å². The van der Waals surface area contributed by atoms with Crippen molar-refractivity contribution in [1.29, 1.82) is 0 Å². The standard InChI is InChI=1S/C38H62O11/c1-19-16-22(29(47-20(2)39)33(5,6)45-9)49-38(44)28(19)34(7)14-15-37-18-36(37)13-12-25(48-30-27(42)26(41)21(40)17-46-30)32(3,4)23(36)10-11-24(37)35(34,8)31(38)43/h19,21-31,40-44H,10-18H2,1-9H3/t19-,21-,22-,23+,24+,25+,26+,27-,28-,29+,30+,31-,34-,35-,36-,37+,38?/m1/s1. The normalized spacial score (nSPS) is 55.2. The maximum atomic E-state index is 12.7. The van der Waals surface area contributed by atoms with Gasteiger partial charge in [0, 0.05) is 25.4 Å². The molecule has 49 heavy (non-hydrogen) atoms. The van der Waals surface area contributed by atoms with Crippen LogP contribution in [0, 0.1) is 50.7 Å². The first-order chi connectivity index (χ1) is 22.7. The largest absolute Gasteiger partial charge is 0.457 e. The molecule has 0 radical (unpaired) electrons. The zero-order valence-electron chi connectivity index (χ0n) is 31.0. The molecule has 0 aromatic heterocycles. The predicted octanol–water partition coefficient (Wildman–Crippen LogP) is 3.30. The second-order valence-electron chi connectivity index (χ2n) is 18.9. The molecule has 2 saturated heterocycles. The van der Waals surface area contributed by atoms with Crippen LogP contribution in [0.3, 0.4) is 0 Å². The number of carbonyl (C=O) groups excluding carboxylic acids is 1. The molecule has 7 rings (SSSR count). The summed E-state index contributed by atoms with van der Waals surface area (Å²) in [6.07, 6.45) is -0.246. The van der Waals surface area contributed by atoms with Crippen molar-refractivity contribution in [1.82, 2.24) is 0 Å². The second-order valence-corrected chi connectivity index (χ2v) is 18.9. The monoisotopic (exact) mass is 694 g/mol. The zero-order valence-corrected chi connectivity index (χ0v) is 31.0. The average molecular weight is 695 g/mol. The number of fused-ring (bicyclic) bond motifs is 4. The van der Waals surface area contributed by atoms with Crippen molar-refractivity contribution in [3.8, 4) is 0 Å². The highest BCUT2D eigenvalue weighted by Gasteiger charge is 2.87. The Hall–Kier alpha value is -0.890. The molecular formula is C38H62O11. The van der Waals surface area contributed by atoms with Gasteiger partial charge >= 0.3 is 5.97 Å². The highest BCUT2D eigenvalue weighted by Crippen LogP contribution is 2.89. The van der Waals surface area contributed by atoms with Gasteiger partial charge in [-0.3, -0.25) is 4.79 Å². The van der Waals surface area contributed by atoms with Gasteiger partial charge in [0.2, 0.25) is 0 Å². The molecule has 2 spiro atoms. The van der Waals surface area contributed by atoms with E-state index in [9.17, 15) is 30.3 Å². The third-order valence-corrected chi connectivity index (χ3v) is 16.4. The maximum Gasteiger partial charge on any atom is 0.303 e. The van der Waals surface area contributed by atoms with E-state index in [4.69, 9.17) is 23.7 Å². The van der Waals surface area contributed by atoms with E-state index in [1.807, 2.05) is 13.8 Å². The van der Waals surface area contributed by atoms with Crippen LogP contribution < -0.4 is 0 Å². The summed E-state index contributed by atoms with van der Waals surface area (Å²) < 4.78 is 30.4. The van der Waals surface area contributed by atoms with Crippen LogP contribution >= 0.6 is 0 Å². The summed E-state index contributed by atoms with van der Waals surface area (Å²) in [5.74, 6) is -1.98. The summed E-state index contributed by atoms with van der Waals surface area (Å²) in [7, 11) is 1.58. The third-order valence-electron chi connectivity index (χ3n) is 16.4. The Balaban J connectivity index is 1.17. The van der Waals surface area contributed by atoms with E-state index in [-0.39, 0.29) is 52.1 Å². The number of aliphatic hydroxyl groups is 5. The van der Waals surface area contributed by atoms with Gasteiger partial charge in [-0.05, 0) is 105 Å². The molecule has 0 amide bonds. The number of aliphatic hydroxyl groups excluding tert-OH is 4. The third kappa shape index (κ3) is 4.62. The van der Waals surface area contributed by atoms with Gasteiger partial charge in [0.05, 0.1) is 12.7 Å². The van der Waals surface area contributed by atoms with E-state index in [0.29, 0.717) is 12.3 Å². The number of esters is 1. The van der Waals surface area contributed by atoms with E-state index in [0.717, 1.165) is 44.9 Å². The number of methoxy groups -OCH3 is 1. The fraction of sp³-hybridized carbons (Fsp3) is 0.974. The molecule has 7 fully saturated rings. The minimum atomic E-state index is -1.80. The molecule has 0 aromatic carbocycles. The van der Waals surface area contributed by atoms with Crippen LogP contribution in [0.2, 0.25) is 0 Å². The van der Waals surface area contributed by atoms with Gasteiger partial charge in [-0.15, -0.1) is 0 Å². The van der Waals surface area contributed by atoms with Crippen LogP contribution in [0.4, 0.5) is 0 Å². The van der Waals surface area contributed by atoms with Gasteiger partial charge in [0.25, 0.3) is 0 Å². The van der Waals surface area contributed by atoms with Crippen molar-refractivity contribution in [2.45, 2.75) is 167 Å². The van der Waals surface area contributed by atoms with Gasteiger partial charge in [-0.25, -0.2) is 0 Å². The minimum absolute atomic E-state index is 0.00185. The molecule has 5 N–H and O–H groups in total. The summed E-state index contributed by atoms with van der Waals surface area (Å²) in [6, 6.07) is 0. The van der Waals surface area contributed by atoms with Crippen LogP contribution in [0.15, 0.2) is 0 Å². The van der Waals surface area contributed by atoms with E-state index >= 15 is 0 Å². The van der Waals surface area contributed by atoms with E-state index in [1.54, 1.807) is 7.11 Å². The van der Waals surface area contributed by atoms with Crippen molar-refractivity contribution in [2.75, 3.05) is 13.7 Å². The molecule has 0 aromatic rings. The van der Waals surface area contributed by atoms with E-state index in [1.165, 1.54) is 6.92 Å². The summed E-state index contributed by atoms with van der Waals surface area (Å²) in [4.78, 5) is 12.2. The Morgan fingerprint density at radius 2 is 1.59 bits per heavy atom. The molecule has 5 aliphatic carbocycles. The van der Waals surface area contributed by atoms with Crippen LogP contribution in [-0.4, -0.2) is 106 Å². The van der Waals surface area contributed by atoms with Crippen molar-refractivity contribution in [3.63, 3.8) is 0 Å². The first-order valence-electron chi connectivity index (χ1n) is 18.8. The fourth-order valence-electron chi connectivity index (χ4n) is 13.9. The van der Waals surface area contributed by atoms with Crippen molar-refractivity contribution < 1.29 is 54.0 Å². The lowest BCUT2D eigenvalue weighted by Gasteiger charge is -2.63. The smallest absolute Gasteiger partial charge is 0.303 e. The number of ether oxygens (including phenoxy) is 5. The van der Waals surface area contributed by atoms with Crippen LogP contribution in [0.1, 0.15) is 107 Å². The number of carbonyl (C=O) groups is 1. The molecule has 0 bridgehead atoms. The molecular weight excluding hydrogens is 632 g/mol. The lowest BCUT2D eigenvalue weighted by atomic mass is 9.41. The van der Waals surface area contributed by atoms with E-state index < -0.39 is 65.7 Å². The fourth-order valence-corrected chi connectivity index (χ4v) is 13.9. The average Bonchev–Trinajstić information content (AvgIpc) is 3.67. The SMILES string of the molecule is COC(C)(C)[C@@H](OC(C)=O)[C@H]1C[C@@H](C)[C@H]2C(O)(O1)[C@H](O)[C@@]1(C)[C@@H]3CC[C@H]4C(C)(C)[C@@H](O[C@@H]5OC[C@@H](O)[C@H](O)[C@H]5O)CC[C@@]45C[C@@]35CC[C@]21C. The lowest BCUT2D eigenvalue weighted by molar-refractivity contribution is -0.343. The summed E-state index contributed by atoms with van der Waals surface area (Å²) in [5, 5.41) is 56.2. The quantitative estimate of drug-likeness (QED) is 0.205. The number of rotatable bonds is 6.